The first kappa shape index (κ1) is 14.1. The van der Waals surface area contributed by atoms with Crippen LogP contribution in [0.1, 0.15) is 24.5 Å². The van der Waals surface area contributed by atoms with Gasteiger partial charge >= 0.3 is 0 Å². The number of nitro groups is 1. The Bertz CT molecular complexity index is 562. The van der Waals surface area contributed by atoms with Crippen LogP contribution in [0.2, 0.25) is 0 Å². The smallest absolute Gasteiger partial charge is 0.269 e. The molecule has 0 aliphatic rings. The summed E-state index contributed by atoms with van der Waals surface area (Å²) in [4.78, 5) is 10.2. The number of nitrogens with zero attached hydrogens (tertiary/aromatic N) is 1. The van der Waals surface area contributed by atoms with E-state index < -0.39 is 0 Å². The second kappa shape index (κ2) is 6.70. The van der Waals surface area contributed by atoms with Gasteiger partial charge in [0.1, 0.15) is 0 Å². The van der Waals surface area contributed by atoms with E-state index in [9.17, 15) is 10.1 Å². The van der Waals surface area contributed by atoms with Gasteiger partial charge in [-0.25, -0.2) is 0 Å². The van der Waals surface area contributed by atoms with Crippen LogP contribution in [0, 0.1) is 10.1 Å². The highest BCUT2D eigenvalue weighted by atomic mass is 16.6. The van der Waals surface area contributed by atoms with E-state index in [1.54, 1.807) is 12.1 Å². The van der Waals surface area contributed by atoms with Crippen molar-refractivity contribution < 1.29 is 4.92 Å². The van der Waals surface area contributed by atoms with Gasteiger partial charge in [0.15, 0.2) is 0 Å². The van der Waals surface area contributed by atoms with Gasteiger partial charge in [-0.2, -0.15) is 0 Å². The molecule has 1 N–H and O–H groups in total. The molecule has 0 atom stereocenters. The molecule has 0 aromatic heterocycles. The average Bonchev–Trinajstić information content (AvgIpc) is 2.47. The number of benzene rings is 2. The monoisotopic (exact) mass is 270 g/mol. The van der Waals surface area contributed by atoms with Crippen LogP contribution in [-0.4, -0.2) is 4.92 Å². The van der Waals surface area contributed by atoms with E-state index in [0.717, 1.165) is 24.1 Å². The second-order valence-electron chi connectivity index (χ2n) is 4.72. The number of hydrogen-bond acceptors (Lipinski definition) is 3. The fourth-order valence-corrected chi connectivity index (χ4v) is 2.02. The van der Waals surface area contributed by atoms with Crippen molar-refractivity contribution in [2.45, 2.75) is 26.3 Å². The molecule has 2 aromatic rings. The molecule has 4 heteroatoms. The Morgan fingerprint density at radius 2 is 1.60 bits per heavy atom. The van der Waals surface area contributed by atoms with Gasteiger partial charge in [-0.15, -0.1) is 0 Å². The van der Waals surface area contributed by atoms with Crippen molar-refractivity contribution in [3.63, 3.8) is 0 Å². The van der Waals surface area contributed by atoms with Crippen molar-refractivity contribution in [2.24, 2.45) is 0 Å². The molecular formula is C16H18N2O2. The third-order valence-corrected chi connectivity index (χ3v) is 3.14. The summed E-state index contributed by atoms with van der Waals surface area (Å²) in [6.45, 7) is 2.83. The van der Waals surface area contributed by atoms with Crippen molar-refractivity contribution in [1.82, 2.24) is 0 Å². The normalized spacial score (nSPS) is 10.2. The largest absolute Gasteiger partial charge is 0.381 e. The lowest BCUT2D eigenvalue weighted by Gasteiger charge is -2.07. The van der Waals surface area contributed by atoms with Gasteiger partial charge in [0, 0.05) is 24.4 Å². The van der Waals surface area contributed by atoms with Crippen LogP contribution in [0.25, 0.3) is 0 Å². The molecule has 0 radical (unpaired) electrons. The molecular weight excluding hydrogens is 252 g/mol. The molecule has 0 saturated heterocycles. The molecule has 0 saturated carbocycles. The van der Waals surface area contributed by atoms with E-state index >= 15 is 0 Å². The Kier molecular flexibility index (Phi) is 4.71. The summed E-state index contributed by atoms with van der Waals surface area (Å²) in [5.74, 6) is 0. The van der Waals surface area contributed by atoms with Gasteiger partial charge in [-0.05, 0) is 29.7 Å². The van der Waals surface area contributed by atoms with Gasteiger partial charge in [0.2, 0.25) is 0 Å². The standard InChI is InChI=1S/C16H18N2O2/c1-2-3-13-4-8-15(9-5-13)17-12-14-6-10-16(11-7-14)18(19)20/h4-11,17H,2-3,12H2,1H3. The van der Waals surface area contributed by atoms with Crippen molar-refractivity contribution in [2.75, 3.05) is 5.32 Å². The van der Waals surface area contributed by atoms with Crippen LogP contribution in [0.4, 0.5) is 11.4 Å². The van der Waals surface area contributed by atoms with Crippen LogP contribution in [0.5, 0.6) is 0 Å². The molecule has 0 amide bonds. The summed E-state index contributed by atoms with van der Waals surface area (Å²) in [6.07, 6.45) is 2.25. The molecule has 20 heavy (non-hydrogen) atoms. The van der Waals surface area contributed by atoms with E-state index in [1.807, 2.05) is 0 Å². The third kappa shape index (κ3) is 3.82. The number of anilines is 1. The first-order chi connectivity index (χ1) is 9.69. The Morgan fingerprint density at radius 3 is 2.15 bits per heavy atom. The van der Waals surface area contributed by atoms with Crippen LogP contribution in [-0.2, 0) is 13.0 Å². The number of nitrogens with one attached hydrogen (secondary N) is 1. The summed E-state index contributed by atoms with van der Waals surface area (Å²) >= 11 is 0. The van der Waals surface area contributed by atoms with Gasteiger partial charge in [0.05, 0.1) is 4.92 Å². The fraction of sp³-hybridized carbons (Fsp3) is 0.250. The first-order valence-electron chi connectivity index (χ1n) is 6.75. The zero-order valence-electron chi connectivity index (χ0n) is 11.5. The fourth-order valence-electron chi connectivity index (χ4n) is 2.02. The SMILES string of the molecule is CCCc1ccc(NCc2ccc([N+](=O)[O-])cc2)cc1. The summed E-state index contributed by atoms with van der Waals surface area (Å²) in [7, 11) is 0. The van der Waals surface area contributed by atoms with E-state index in [2.05, 4.69) is 36.5 Å². The lowest BCUT2D eigenvalue weighted by molar-refractivity contribution is -0.384. The van der Waals surface area contributed by atoms with Crippen LogP contribution in [0.15, 0.2) is 48.5 Å². The lowest BCUT2D eigenvalue weighted by atomic mass is 10.1. The molecule has 0 aliphatic carbocycles. The maximum absolute atomic E-state index is 10.6. The Labute approximate surface area is 118 Å². The highest BCUT2D eigenvalue weighted by Gasteiger charge is 2.03. The van der Waals surface area contributed by atoms with Crippen molar-refractivity contribution in [1.29, 1.82) is 0 Å². The van der Waals surface area contributed by atoms with E-state index in [0.29, 0.717) is 6.54 Å². The maximum Gasteiger partial charge on any atom is 0.269 e. The van der Waals surface area contributed by atoms with E-state index in [1.165, 1.54) is 17.7 Å². The number of hydrogen-bond donors (Lipinski definition) is 1. The van der Waals surface area contributed by atoms with Crippen LogP contribution < -0.4 is 5.32 Å². The van der Waals surface area contributed by atoms with Gasteiger partial charge in [-0.1, -0.05) is 37.6 Å². The summed E-state index contributed by atoms with van der Waals surface area (Å²) in [5, 5.41) is 13.9. The van der Waals surface area contributed by atoms with E-state index in [4.69, 9.17) is 0 Å². The number of rotatable bonds is 6. The Hall–Kier alpha value is -2.36. The van der Waals surface area contributed by atoms with Crippen molar-refractivity contribution >= 4 is 11.4 Å². The molecule has 2 rings (SSSR count). The quantitative estimate of drug-likeness (QED) is 0.633. The molecule has 104 valence electrons. The average molecular weight is 270 g/mol. The molecule has 0 bridgehead atoms. The van der Waals surface area contributed by atoms with Gasteiger partial charge < -0.3 is 5.32 Å². The minimum Gasteiger partial charge on any atom is -0.381 e. The van der Waals surface area contributed by atoms with Crippen molar-refractivity contribution in [3.05, 3.63) is 69.8 Å². The highest BCUT2D eigenvalue weighted by molar-refractivity contribution is 5.45. The van der Waals surface area contributed by atoms with Gasteiger partial charge in [0.25, 0.3) is 5.69 Å². The second-order valence-corrected chi connectivity index (χ2v) is 4.72. The van der Waals surface area contributed by atoms with E-state index in [-0.39, 0.29) is 10.6 Å². The lowest BCUT2D eigenvalue weighted by Crippen LogP contribution is -1.99. The predicted molar refractivity (Wildman–Crippen MR) is 80.9 cm³/mol. The Morgan fingerprint density at radius 1 is 1.00 bits per heavy atom. The summed E-state index contributed by atoms with van der Waals surface area (Å²) in [5.41, 5.74) is 3.54. The van der Waals surface area contributed by atoms with Crippen molar-refractivity contribution in [3.8, 4) is 0 Å². The first-order valence-corrected chi connectivity index (χ1v) is 6.75. The Balaban J connectivity index is 1.92. The number of non-ortho nitro benzene ring substituents is 1. The maximum atomic E-state index is 10.6. The molecule has 2 aromatic carbocycles. The third-order valence-electron chi connectivity index (χ3n) is 3.14. The molecule has 4 nitrogen and oxygen atoms in total. The topological polar surface area (TPSA) is 55.2 Å². The van der Waals surface area contributed by atoms with Crippen LogP contribution in [0.3, 0.4) is 0 Å². The number of nitro benzene ring substituents is 1. The molecule has 0 heterocycles. The molecule has 0 unspecified atom stereocenters. The minimum absolute atomic E-state index is 0.123. The molecule has 0 fully saturated rings. The van der Waals surface area contributed by atoms with Gasteiger partial charge in [-0.3, -0.25) is 10.1 Å². The summed E-state index contributed by atoms with van der Waals surface area (Å²) < 4.78 is 0. The summed E-state index contributed by atoms with van der Waals surface area (Å²) in [6, 6.07) is 15.0. The number of aryl methyl sites for hydroxylation is 1. The molecule has 0 aliphatic heterocycles. The van der Waals surface area contributed by atoms with Crippen LogP contribution >= 0.6 is 0 Å². The predicted octanol–water partition coefficient (Wildman–Crippen LogP) is 4.16. The molecule has 0 spiro atoms. The minimum atomic E-state index is -0.385. The zero-order chi connectivity index (χ0) is 14.4. The highest BCUT2D eigenvalue weighted by Crippen LogP contribution is 2.15. The zero-order valence-corrected chi connectivity index (χ0v) is 11.5.